The molecular weight excluding hydrogens is 409 g/mol. The molecule has 5 nitrogen and oxygen atoms in total. The van der Waals surface area contributed by atoms with E-state index in [0.29, 0.717) is 18.9 Å². The third-order valence-electron chi connectivity index (χ3n) is 5.96. The zero-order chi connectivity index (χ0) is 20.3. The molecule has 0 radical (unpaired) electrons. The van der Waals surface area contributed by atoms with E-state index in [0.717, 1.165) is 37.2 Å². The third kappa shape index (κ3) is 5.24. The zero-order valence-electron chi connectivity index (χ0n) is 17.1. The maximum Gasteiger partial charge on any atom is 0.125 e. The molecule has 2 atom stereocenters. The highest BCUT2D eigenvalue weighted by atomic mass is 35.5. The molecule has 7 heteroatoms. The summed E-state index contributed by atoms with van der Waals surface area (Å²) in [6.45, 7) is 5.03. The molecule has 2 aromatic rings. The lowest BCUT2D eigenvalue weighted by Gasteiger charge is -2.44. The van der Waals surface area contributed by atoms with Crippen LogP contribution >= 0.6 is 12.4 Å². The lowest BCUT2D eigenvalue weighted by atomic mass is 9.86. The van der Waals surface area contributed by atoms with Gasteiger partial charge in [0.25, 0.3) is 0 Å². The molecule has 2 aliphatic rings. The number of aliphatic hydroxyl groups is 1. The molecule has 1 N–H and O–H groups in total. The Kier molecular flexibility index (Phi) is 7.58. The van der Waals surface area contributed by atoms with Crippen molar-refractivity contribution < 1.29 is 23.7 Å². The molecule has 2 unspecified atom stereocenters. The van der Waals surface area contributed by atoms with E-state index in [1.54, 1.807) is 12.1 Å². The lowest BCUT2D eigenvalue weighted by Crippen LogP contribution is -2.54. The molecule has 30 heavy (non-hydrogen) atoms. The van der Waals surface area contributed by atoms with Crippen LogP contribution in [0.15, 0.2) is 48.5 Å². The maximum atomic E-state index is 12.9. The van der Waals surface area contributed by atoms with Gasteiger partial charge in [0.15, 0.2) is 0 Å². The Morgan fingerprint density at radius 1 is 1.17 bits per heavy atom. The van der Waals surface area contributed by atoms with Gasteiger partial charge in [-0.2, -0.15) is 0 Å². The van der Waals surface area contributed by atoms with Gasteiger partial charge in [-0.3, -0.25) is 0 Å². The van der Waals surface area contributed by atoms with Crippen LogP contribution in [0.5, 0.6) is 11.5 Å². The number of para-hydroxylation sites is 1. The Hall–Kier alpha value is -1.86. The van der Waals surface area contributed by atoms with Gasteiger partial charge in [0.2, 0.25) is 0 Å². The summed E-state index contributed by atoms with van der Waals surface area (Å²) in [5, 5.41) is 10.3. The molecule has 4 rings (SSSR count). The fourth-order valence-corrected chi connectivity index (χ4v) is 4.11. The van der Waals surface area contributed by atoms with Crippen LogP contribution in [0.3, 0.4) is 0 Å². The molecule has 0 aliphatic carbocycles. The Balaban J connectivity index is 0.00000256. The van der Waals surface area contributed by atoms with Crippen LogP contribution in [0.2, 0.25) is 0 Å². The highest BCUT2D eigenvalue weighted by molar-refractivity contribution is 5.85. The average molecular weight is 438 g/mol. The SMILES string of the molecule is CC1Oc2ccccc2COC12CCN(CC(O)COc1ccc(F)cc1)CC2.Cl. The number of nitrogens with zero attached hydrogens (tertiary/aromatic N) is 1. The number of β-amino-alcohol motifs (C(OH)–C–C–N with tert-alkyl or cyclic N) is 1. The standard InChI is InChI=1S/C23H28FNO4.ClH/c1-17-23(28-15-18-4-2-3-5-22(18)29-17)10-12-25(13-11-23)14-20(26)16-27-21-8-6-19(24)7-9-21;/h2-9,17,20,26H,10-16H2,1H3;1H. The Morgan fingerprint density at radius 3 is 2.60 bits per heavy atom. The van der Waals surface area contributed by atoms with Crippen LogP contribution in [-0.2, 0) is 11.3 Å². The van der Waals surface area contributed by atoms with Crippen molar-refractivity contribution in [3.8, 4) is 11.5 Å². The number of rotatable bonds is 5. The van der Waals surface area contributed by atoms with Crippen LogP contribution in [0, 0.1) is 5.82 Å². The summed E-state index contributed by atoms with van der Waals surface area (Å²) in [7, 11) is 0. The smallest absolute Gasteiger partial charge is 0.125 e. The molecule has 2 aromatic carbocycles. The van der Waals surface area contributed by atoms with E-state index in [1.165, 1.54) is 12.1 Å². The predicted octanol–water partition coefficient (Wildman–Crippen LogP) is 3.82. The molecule has 2 aliphatic heterocycles. The first-order chi connectivity index (χ1) is 14.0. The molecule has 0 bridgehead atoms. The van der Waals surface area contributed by atoms with Crippen molar-refractivity contribution in [3.05, 3.63) is 59.9 Å². The second-order valence-electron chi connectivity index (χ2n) is 7.94. The summed E-state index contributed by atoms with van der Waals surface area (Å²) in [5.74, 6) is 1.16. The lowest BCUT2D eigenvalue weighted by molar-refractivity contribution is -0.138. The van der Waals surface area contributed by atoms with Crippen molar-refractivity contribution in [3.63, 3.8) is 0 Å². The number of halogens is 2. The van der Waals surface area contributed by atoms with E-state index in [2.05, 4.69) is 11.8 Å². The van der Waals surface area contributed by atoms with Crippen molar-refractivity contribution in [1.29, 1.82) is 0 Å². The molecule has 164 valence electrons. The average Bonchev–Trinajstić information content (AvgIpc) is 2.86. The van der Waals surface area contributed by atoms with Crippen LogP contribution in [0.4, 0.5) is 4.39 Å². The molecule has 0 saturated carbocycles. The van der Waals surface area contributed by atoms with Gasteiger partial charge < -0.3 is 24.2 Å². The van der Waals surface area contributed by atoms with Crippen LogP contribution in [0.25, 0.3) is 0 Å². The molecule has 1 spiro atoms. The van der Waals surface area contributed by atoms with Crippen molar-refractivity contribution in [2.75, 3.05) is 26.2 Å². The van der Waals surface area contributed by atoms with E-state index in [4.69, 9.17) is 14.2 Å². The Morgan fingerprint density at radius 2 is 1.87 bits per heavy atom. The fraction of sp³-hybridized carbons (Fsp3) is 0.478. The predicted molar refractivity (Wildman–Crippen MR) is 115 cm³/mol. The Labute approximate surface area is 183 Å². The second kappa shape index (κ2) is 9.96. The van der Waals surface area contributed by atoms with Gasteiger partial charge in [0.05, 0.1) is 6.61 Å². The normalized spacial score (nSPS) is 21.6. The molecule has 1 saturated heterocycles. The minimum Gasteiger partial charge on any atom is -0.491 e. The van der Waals surface area contributed by atoms with E-state index in [9.17, 15) is 9.50 Å². The number of likely N-dealkylation sites (tertiary alicyclic amines) is 1. The highest BCUT2D eigenvalue weighted by Crippen LogP contribution is 2.37. The van der Waals surface area contributed by atoms with Gasteiger partial charge in [-0.25, -0.2) is 4.39 Å². The number of ether oxygens (including phenoxy) is 3. The second-order valence-corrected chi connectivity index (χ2v) is 7.94. The van der Waals surface area contributed by atoms with E-state index < -0.39 is 6.10 Å². The summed E-state index contributed by atoms with van der Waals surface area (Å²) in [6, 6.07) is 13.9. The number of fused-ring (bicyclic) bond motifs is 1. The molecular formula is C23H29ClFNO4. The minimum atomic E-state index is -0.609. The number of hydrogen-bond donors (Lipinski definition) is 1. The topological polar surface area (TPSA) is 51.2 Å². The van der Waals surface area contributed by atoms with Gasteiger partial charge in [0, 0.05) is 25.2 Å². The largest absolute Gasteiger partial charge is 0.491 e. The number of aliphatic hydroxyl groups excluding tert-OH is 1. The number of hydrogen-bond acceptors (Lipinski definition) is 5. The quantitative estimate of drug-likeness (QED) is 0.770. The number of benzene rings is 2. The van der Waals surface area contributed by atoms with Gasteiger partial charge in [-0.1, -0.05) is 18.2 Å². The van der Waals surface area contributed by atoms with Crippen molar-refractivity contribution in [2.24, 2.45) is 0 Å². The molecule has 2 heterocycles. The Bertz CT molecular complexity index is 811. The maximum absolute atomic E-state index is 12.9. The van der Waals surface area contributed by atoms with Crippen molar-refractivity contribution in [2.45, 2.75) is 44.2 Å². The highest BCUT2D eigenvalue weighted by Gasteiger charge is 2.43. The minimum absolute atomic E-state index is 0. The van der Waals surface area contributed by atoms with E-state index >= 15 is 0 Å². The van der Waals surface area contributed by atoms with Crippen LogP contribution in [0.1, 0.15) is 25.3 Å². The van der Waals surface area contributed by atoms with Crippen molar-refractivity contribution in [1.82, 2.24) is 4.90 Å². The fourth-order valence-electron chi connectivity index (χ4n) is 4.11. The monoisotopic (exact) mass is 437 g/mol. The number of piperidine rings is 1. The van der Waals surface area contributed by atoms with Crippen LogP contribution < -0.4 is 9.47 Å². The van der Waals surface area contributed by atoms with E-state index in [1.807, 2.05) is 24.3 Å². The molecule has 1 fully saturated rings. The van der Waals surface area contributed by atoms with Gasteiger partial charge >= 0.3 is 0 Å². The summed E-state index contributed by atoms with van der Waals surface area (Å²) in [5.41, 5.74) is 0.789. The third-order valence-corrected chi connectivity index (χ3v) is 5.96. The first-order valence-corrected chi connectivity index (χ1v) is 10.2. The van der Waals surface area contributed by atoms with Gasteiger partial charge in [-0.15, -0.1) is 12.4 Å². The molecule has 0 aromatic heterocycles. The summed E-state index contributed by atoms with van der Waals surface area (Å²) in [6.07, 6.45) is 1.07. The zero-order valence-corrected chi connectivity index (χ0v) is 17.9. The van der Waals surface area contributed by atoms with Gasteiger partial charge in [-0.05, 0) is 50.1 Å². The molecule has 0 amide bonds. The first kappa shape index (κ1) is 22.8. The van der Waals surface area contributed by atoms with Crippen LogP contribution in [-0.4, -0.2) is 54.1 Å². The van der Waals surface area contributed by atoms with Crippen molar-refractivity contribution >= 4 is 12.4 Å². The summed E-state index contributed by atoms with van der Waals surface area (Å²) < 4.78 is 31.1. The summed E-state index contributed by atoms with van der Waals surface area (Å²) in [4.78, 5) is 2.23. The summed E-state index contributed by atoms with van der Waals surface area (Å²) >= 11 is 0. The van der Waals surface area contributed by atoms with E-state index in [-0.39, 0.29) is 36.5 Å². The first-order valence-electron chi connectivity index (χ1n) is 10.2. The van der Waals surface area contributed by atoms with Gasteiger partial charge in [0.1, 0.15) is 41.7 Å².